The van der Waals surface area contributed by atoms with Crippen molar-refractivity contribution in [2.24, 2.45) is 0 Å². The molecule has 0 bridgehead atoms. The molecule has 0 aromatic carbocycles. The second kappa shape index (κ2) is 6.04. The molecule has 5 atom stereocenters. The van der Waals surface area contributed by atoms with Gasteiger partial charge in [-0.15, -0.1) is 0 Å². The molecule has 3 heterocycles. The van der Waals surface area contributed by atoms with E-state index in [4.69, 9.17) is 14.5 Å². The van der Waals surface area contributed by atoms with E-state index in [0.717, 1.165) is 0 Å². The van der Waals surface area contributed by atoms with Crippen molar-refractivity contribution in [2.45, 2.75) is 24.2 Å². The molecule has 0 saturated carbocycles. The Bertz CT molecular complexity index is 816. The van der Waals surface area contributed by atoms with E-state index in [9.17, 15) is 19.6 Å². The summed E-state index contributed by atoms with van der Waals surface area (Å²) in [6.45, 7) is -0.588. The molecular formula is C10H13N3O8P2. The van der Waals surface area contributed by atoms with Gasteiger partial charge in [0, 0.05) is 0 Å². The van der Waals surface area contributed by atoms with Gasteiger partial charge in [0.25, 0.3) is 5.56 Å². The first kappa shape index (κ1) is 16.7. The second-order valence-corrected chi connectivity index (χ2v) is 8.11. The maximum atomic E-state index is 11.6. The fourth-order valence-corrected chi connectivity index (χ4v) is 4.77. The summed E-state index contributed by atoms with van der Waals surface area (Å²) < 4.78 is 20.5. The number of H-pyrrole nitrogens is 1. The van der Waals surface area contributed by atoms with Gasteiger partial charge in [-0.3, -0.25) is 9.32 Å². The fraction of sp³-hybridized carbons (Fsp3) is 0.500. The average molecular weight is 365 g/mol. The van der Waals surface area contributed by atoms with E-state index in [2.05, 4.69) is 19.5 Å². The Labute approximate surface area is 129 Å². The molecule has 126 valence electrons. The quantitative estimate of drug-likeness (QED) is 0.424. The topological polar surface area (TPSA) is 175 Å². The number of hydrogen-bond donors (Lipinski definition) is 5. The number of phosphoric acid groups is 1. The number of aromatic amines is 1. The van der Waals surface area contributed by atoms with Crippen molar-refractivity contribution < 1.29 is 33.8 Å². The van der Waals surface area contributed by atoms with Crippen molar-refractivity contribution in [3.8, 4) is 0 Å². The summed E-state index contributed by atoms with van der Waals surface area (Å²) in [7, 11) is -6.14. The predicted octanol–water partition coefficient (Wildman–Crippen LogP) is -0.967. The van der Waals surface area contributed by atoms with Gasteiger partial charge >= 0.3 is 7.82 Å². The van der Waals surface area contributed by atoms with Gasteiger partial charge in [-0.05, 0) is 7.53 Å². The van der Waals surface area contributed by atoms with Crippen molar-refractivity contribution in [1.29, 1.82) is 0 Å². The van der Waals surface area contributed by atoms with Crippen LogP contribution in [0, 0.1) is 0 Å². The molecule has 0 radical (unpaired) electrons. The Morgan fingerprint density at radius 2 is 2.09 bits per heavy atom. The van der Waals surface area contributed by atoms with Gasteiger partial charge in [0.05, 0.1) is 18.9 Å². The zero-order chi connectivity index (χ0) is 16.8. The third-order valence-corrected chi connectivity index (χ3v) is 6.03. The smallest absolute Gasteiger partial charge is 0.387 e. The van der Waals surface area contributed by atoms with Crippen molar-refractivity contribution >= 4 is 26.1 Å². The van der Waals surface area contributed by atoms with Gasteiger partial charge in [0.2, 0.25) is 0 Å². The molecule has 1 aliphatic heterocycles. The van der Waals surface area contributed by atoms with E-state index in [1.165, 1.54) is 12.3 Å². The van der Waals surface area contributed by atoms with E-state index in [0.29, 0.717) is 5.25 Å². The maximum Gasteiger partial charge on any atom is 0.469 e. The first-order chi connectivity index (χ1) is 10.8. The monoisotopic (exact) mass is 365 g/mol. The first-order valence-corrected chi connectivity index (χ1v) is 9.41. The maximum absolute atomic E-state index is 11.6. The minimum atomic E-state index is -4.72. The highest BCUT2D eigenvalue weighted by Crippen LogP contribution is 2.51. The minimum absolute atomic E-state index is 0.124. The highest BCUT2D eigenvalue weighted by molar-refractivity contribution is 7.54. The van der Waals surface area contributed by atoms with Crippen molar-refractivity contribution in [1.82, 2.24) is 15.0 Å². The Hall–Kier alpha value is -1.16. The Morgan fingerprint density at radius 3 is 2.78 bits per heavy atom. The van der Waals surface area contributed by atoms with E-state index < -0.39 is 51.7 Å². The molecule has 23 heavy (non-hydrogen) atoms. The number of nitrogens with one attached hydrogen (secondary N) is 1. The standard InChI is InChI=1S/C10H13N3O8P2/c14-6-4(1-20-23(17,18)19)21-10(7(6)15)22-3-13-5-8(16)11-2-12-9(5)22/h2-4,6-7,10,14-15H,1H2,(H,11,12,16)(H2,17,18,19). The zero-order valence-corrected chi connectivity index (χ0v) is 13.2. The second-order valence-electron chi connectivity index (χ2n) is 4.89. The lowest BCUT2D eigenvalue weighted by Gasteiger charge is -2.14. The summed E-state index contributed by atoms with van der Waals surface area (Å²) in [5.41, 5.74) is -0.301. The van der Waals surface area contributed by atoms with E-state index in [-0.39, 0.29) is 5.52 Å². The van der Waals surface area contributed by atoms with E-state index in [1.54, 1.807) is 0 Å². The molecule has 1 fully saturated rings. The van der Waals surface area contributed by atoms with Crippen LogP contribution in [0.15, 0.2) is 17.1 Å². The summed E-state index contributed by atoms with van der Waals surface area (Å²) in [5.74, 6) is 0.527. The van der Waals surface area contributed by atoms with Crippen LogP contribution in [0.5, 0.6) is 0 Å². The van der Waals surface area contributed by atoms with Gasteiger partial charge in [-0.1, -0.05) is 0 Å². The van der Waals surface area contributed by atoms with Crippen molar-refractivity contribution in [2.75, 3.05) is 6.61 Å². The molecule has 11 nitrogen and oxygen atoms in total. The molecule has 0 amide bonds. The van der Waals surface area contributed by atoms with Crippen LogP contribution < -0.4 is 5.56 Å². The molecule has 5 unspecified atom stereocenters. The van der Waals surface area contributed by atoms with Gasteiger partial charge in [0.15, 0.2) is 5.52 Å². The molecule has 3 rings (SSSR count). The number of ether oxygens (including phenoxy) is 1. The third-order valence-electron chi connectivity index (χ3n) is 3.38. The molecular weight excluding hydrogens is 352 g/mol. The van der Waals surface area contributed by atoms with Crippen LogP contribution in [-0.4, -0.2) is 59.9 Å². The van der Waals surface area contributed by atoms with Crippen LogP contribution in [0.25, 0.3) is 10.8 Å². The molecule has 1 aliphatic rings. The van der Waals surface area contributed by atoms with Crippen molar-refractivity contribution in [3.63, 3.8) is 0 Å². The van der Waals surface area contributed by atoms with Crippen LogP contribution in [0.4, 0.5) is 0 Å². The minimum Gasteiger partial charge on any atom is -0.387 e. The number of nitrogens with zero attached hydrogens (tertiary/aromatic N) is 2. The number of fused-ring (bicyclic) bond motifs is 1. The Balaban J connectivity index is 1.87. The Morgan fingerprint density at radius 1 is 1.35 bits per heavy atom. The molecule has 0 aliphatic carbocycles. The number of phosphoric ester groups is 1. The highest BCUT2D eigenvalue weighted by atomic mass is 31.2. The molecule has 2 aromatic rings. The number of aromatic nitrogens is 3. The Kier molecular flexibility index (Phi) is 4.39. The lowest BCUT2D eigenvalue weighted by atomic mass is 10.2. The molecule has 13 heteroatoms. The zero-order valence-electron chi connectivity index (χ0n) is 11.4. The molecule has 0 spiro atoms. The third kappa shape index (κ3) is 3.23. The lowest BCUT2D eigenvalue weighted by Crippen LogP contribution is -2.32. The number of hydrogen-bond acceptors (Lipinski definition) is 8. The predicted molar refractivity (Wildman–Crippen MR) is 76.8 cm³/mol. The summed E-state index contributed by atoms with van der Waals surface area (Å²) in [6, 6.07) is 0. The average Bonchev–Trinajstić information content (AvgIpc) is 3.01. The van der Waals surface area contributed by atoms with E-state index >= 15 is 0 Å². The van der Waals surface area contributed by atoms with Gasteiger partial charge in [-0.2, -0.15) is 0 Å². The molecule has 1 saturated heterocycles. The van der Waals surface area contributed by atoms with Crippen LogP contribution >= 0.6 is 15.4 Å². The van der Waals surface area contributed by atoms with Crippen LogP contribution in [0.1, 0.15) is 5.85 Å². The van der Waals surface area contributed by atoms with Crippen LogP contribution in [0.3, 0.4) is 0 Å². The van der Waals surface area contributed by atoms with Crippen LogP contribution in [-0.2, 0) is 13.8 Å². The van der Waals surface area contributed by atoms with Gasteiger partial charge in [-0.25, -0.2) is 14.5 Å². The summed E-state index contributed by atoms with van der Waals surface area (Å²) in [4.78, 5) is 39.4. The summed E-state index contributed by atoms with van der Waals surface area (Å²) in [5, 5.41) is 20.4. The number of aliphatic hydroxyl groups excluding tert-OH is 2. The summed E-state index contributed by atoms with van der Waals surface area (Å²) in [6.07, 6.45) is -2.64. The van der Waals surface area contributed by atoms with Crippen LogP contribution in [0.2, 0.25) is 0 Å². The number of rotatable bonds is 4. The normalized spacial score (nSPS) is 29.3. The first-order valence-electron chi connectivity index (χ1n) is 6.40. The lowest BCUT2D eigenvalue weighted by molar-refractivity contribution is -0.0123. The summed E-state index contributed by atoms with van der Waals surface area (Å²) >= 11 is 0. The SMILES string of the molecule is O=c1[nH]cnc2c1ncp2C1OC(COP(=O)(O)O)C(O)C1O. The van der Waals surface area contributed by atoms with Gasteiger partial charge in [0.1, 0.15) is 29.4 Å². The largest absolute Gasteiger partial charge is 0.469 e. The van der Waals surface area contributed by atoms with Gasteiger partial charge < -0.3 is 29.7 Å². The number of aliphatic hydroxyl groups is 2. The molecule has 5 N–H and O–H groups in total. The van der Waals surface area contributed by atoms with Crippen molar-refractivity contribution in [3.05, 3.63) is 22.6 Å². The fourth-order valence-electron chi connectivity index (χ4n) is 2.32. The van der Waals surface area contributed by atoms with E-state index in [1.807, 2.05) is 0 Å². The molecule has 2 aromatic heterocycles. The highest BCUT2D eigenvalue weighted by Gasteiger charge is 2.45.